The molecule has 26 heteroatoms. The van der Waals surface area contributed by atoms with Crippen LogP contribution in [0.1, 0.15) is 67.9 Å². The van der Waals surface area contributed by atoms with E-state index in [9.17, 15) is 79.2 Å². The molecule has 6 atom stereocenters. The van der Waals surface area contributed by atoms with Gasteiger partial charge in [0.2, 0.25) is 0 Å². The molecule has 0 spiro atoms. The number of nitrogens with zero attached hydrogens (tertiary/aromatic N) is 8. The van der Waals surface area contributed by atoms with Gasteiger partial charge >= 0.3 is 11.9 Å². The van der Waals surface area contributed by atoms with Gasteiger partial charge in [-0.2, -0.15) is 0 Å². The summed E-state index contributed by atoms with van der Waals surface area (Å²) in [6.45, 7) is 3.54. The molecule has 6 N–H and O–H groups in total. The quantitative estimate of drug-likeness (QED) is 0.0720. The summed E-state index contributed by atoms with van der Waals surface area (Å²) in [5.74, 6) is -11.1. The lowest BCUT2D eigenvalue weighted by molar-refractivity contribution is -0.314. The maximum absolute atomic E-state index is 12.3. The fraction of sp³-hybridized carbons (Fsp3) is 0.520. The van der Waals surface area contributed by atoms with Crippen molar-refractivity contribution < 1.29 is 79.2 Å². The highest BCUT2D eigenvalue weighted by atomic mass is 16.4. The zero-order valence-electron chi connectivity index (χ0n) is 42.3. The van der Waals surface area contributed by atoms with Crippen LogP contribution in [0.15, 0.2) is 60.7 Å². The predicted octanol–water partition coefficient (Wildman–Crippen LogP) is -7.73. The number of benzene rings is 1. The Hall–Kier alpha value is -7.20. The monoisotopic (exact) mass is 1060 g/mol. The average molecular weight is 1060 g/mol. The SMILES string of the molecule is CC(C(=O)[O-])N1CCN(C(CCN)C(=O)[O-])Cc2cccc(n2)CN(C(CC(=O)O)C(=O)[O-])CC1.CC(C(=O)[O-])N1CCN(C(CCc2ccc(N)cc2)C(=O)[O-])Cc2cccc(n2)CN(C(CC(=O)O)C(=O)[O-])CC1. The minimum absolute atomic E-state index is 0.0117. The molecular formula is C50H64N10O16-6. The lowest BCUT2D eigenvalue weighted by atomic mass is 10.0. The van der Waals surface area contributed by atoms with Crippen molar-refractivity contribution in [3.63, 3.8) is 0 Å². The van der Waals surface area contributed by atoms with Crippen molar-refractivity contribution in [1.29, 1.82) is 0 Å². The standard InChI is InChI=1S/C28H37N5O8.C22H33N5O8/c1-18(26(36)37)31-11-13-32(23(27(38)39)10-7-19-5-8-20(29)9-6-19)16-21-3-2-4-22(30-21)17-33(14-12-31)24(28(40)41)15-25(34)35;1-14(20(30)31)25-7-9-26(17(5-6-23)21(32)33)12-15-3-2-4-16(24-15)13-27(10-8-25)18(22(34)35)11-19(28)29/h2-6,8-9,18,23-24H,7,10-17,29H2,1H3,(H,34,35)(H,36,37)(H,38,39)(H,40,41);2-4,14,17-18H,5-13,23H2,1H3,(H,28,29)(H,30,31)(H,32,33)(H,34,35)/p-6. The molecule has 0 fully saturated rings. The maximum Gasteiger partial charge on any atom is 0.305 e. The van der Waals surface area contributed by atoms with Gasteiger partial charge in [0.1, 0.15) is 0 Å². The molecular weight excluding hydrogens is 997 g/mol. The molecule has 2 aliphatic heterocycles. The number of fused-ring (bicyclic) bond motifs is 4. The highest BCUT2D eigenvalue weighted by molar-refractivity contribution is 5.80. The zero-order valence-corrected chi connectivity index (χ0v) is 42.3. The molecule has 2 aromatic heterocycles. The van der Waals surface area contributed by atoms with Gasteiger partial charge in [-0.3, -0.25) is 49.0 Å². The molecule has 4 bridgehead atoms. The van der Waals surface area contributed by atoms with Gasteiger partial charge < -0.3 is 81.1 Å². The first-order valence-electron chi connectivity index (χ1n) is 24.5. The minimum atomic E-state index is -1.57. The van der Waals surface area contributed by atoms with E-state index < -0.39 is 96.8 Å². The van der Waals surface area contributed by atoms with Crippen LogP contribution >= 0.6 is 0 Å². The van der Waals surface area contributed by atoms with E-state index in [0.717, 1.165) is 5.56 Å². The molecule has 2 aliphatic rings. The molecule has 4 heterocycles. The Morgan fingerprint density at radius 3 is 1.07 bits per heavy atom. The van der Waals surface area contributed by atoms with Gasteiger partial charge in [-0.15, -0.1) is 0 Å². The number of carbonyl (C=O) groups is 8. The van der Waals surface area contributed by atoms with E-state index in [1.807, 2.05) is 12.1 Å². The number of aryl methyl sites for hydroxylation is 1. The number of nitrogen functional groups attached to an aromatic ring is 1. The first-order chi connectivity index (χ1) is 36.0. The van der Waals surface area contributed by atoms with Gasteiger partial charge in [-0.1, -0.05) is 24.3 Å². The largest absolute Gasteiger partial charge is 0.548 e. The van der Waals surface area contributed by atoms with E-state index in [0.29, 0.717) is 34.9 Å². The molecule has 0 saturated heterocycles. The number of carbonyl (C=O) groups excluding carboxylic acids is 6. The Morgan fingerprint density at radius 1 is 0.474 bits per heavy atom. The normalized spacial score (nSPS) is 18.4. The summed E-state index contributed by atoms with van der Waals surface area (Å²) >= 11 is 0. The maximum atomic E-state index is 12.3. The predicted molar refractivity (Wildman–Crippen MR) is 255 cm³/mol. The zero-order chi connectivity index (χ0) is 56.2. The van der Waals surface area contributed by atoms with Gasteiger partial charge in [0.05, 0.1) is 95.6 Å². The second kappa shape index (κ2) is 29.8. The molecule has 1 aromatic carbocycles. The summed E-state index contributed by atoms with van der Waals surface area (Å²) in [4.78, 5) is 112. The van der Waals surface area contributed by atoms with E-state index in [4.69, 9.17) is 11.5 Å². The third kappa shape index (κ3) is 19.2. The van der Waals surface area contributed by atoms with Crippen LogP contribution in [-0.2, 0) is 71.0 Å². The lowest BCUT2D eigenvalue weighted by Crippen LogP contribution is -2.55. The molecule has 3 aromatic rings. The molecule has 0 saturated carbocycles. The summed E-state index contributed by atoms with van der Waals surface area (Å²) in [5, 5.41) is 89.7. The van der Waals surface area contributed by atoms with Crippen molar-refractivity contribution in [3.8, 4) is 0 Å². The second-order valence-corrected chi connectivity index (χ2v) is 18.6. The molecule has 0 radical (unpaired) electrons. The second-order valence-electron chi connectivity index (χ2n) is 18.6. The Morgan fingerprint density at radius 2 is 0.776 bits per heavy atom. The van der Waals surface area contributed by atoms with Gasteiger partial charge in [-0.05, 0) is 81.6 Å². The van der Waals surface area contributed by atoms with Gasteiger partial charge in [0.15, 0.2) is 0 Å². The van der Waals surface area contributed by atoms with Gasteiger partial charge in [0, 0.05) is 96.3 Å². The molecule has 416 valence electrons. The van der Waals surface area contributed by atoms with Crippen molar-refractivity contribution >= 4 is 53.4 Å². The fourth-order valence-electron chi connectivity index (χ4n) is 9.05. The molecule has 76 heavy (non-hydrogen) atoms. The van der Waals surface area contributed by atoms with E-state index in [1.165, 1.54) is 33.4 Å². The third-order valence-electron chi connectivity index (χ3n) is 13.4. The third-order valence-corrected chi connectivity index (χ3v) is 13.4. The Bertz CT molecular complexity index is 2470. The number of nitrogens with two attached hydrogens (primary N) is 2. The van der Waals surface area contributed by atoms with E-state index in [2.05, 4.69) is 9.97 Å². The van der Waals surface area contributed by atoms with Crippen molar-refractivity contribution in [2.24, 2.45) is 5.73 Å². The summed E-state index contributed by atoms with van der Waals surface area (Å²) in [6.07, 6.45) is -0.650. The molecule has 0 aliphatic carbocycles. The Kier molecular flexibility index (Phi) is 24.0. The number of carboxylic acid groups (broad SMARTS) is 8. The highest BCUT2D eigenvalue weighted by Crippen LogP contribution is 2.20. The van der Waals surface area contributed by atoms with Crippen LogP contribution in [0.3, 0.4) is 0 Å². The van der Waals surface area contributed by atoms with Crippen LogP contribution in [0.5, 0.6) is 0 Å². The van der Waals surface area contributed by atoms with Gasteiger partial charge in [-0.25, -0.2) is 0 Å². The summed E-state index contributed by atoms with van der Waals surface area (Å²) < 4.78 is 0. The molecule has 26 nitrogen and oxygen atoms in total. The molecule has 6 unspecified atom stereocenters. The average Bonchev–Trinajstić information content (AvgIpc) is 3.34. The van der Waals surface area contributed by atoms with E-state index >= 15 is 0 Å². The van der Waals surface area contributed by atoms with Crippen molar-refractivity contribution in [2.75, 3.05) is 64.6 Å². The topological polar surface area (TPSA) is 413 Å². The number of aromatic nitrogens is 2. The minimum Gasteiger partial charge on any atom is -0.548 e. The smallest absolute Gasteiger partial charge is 0.305 e. The van der Waals surface area contributed by atoms with Crippen LogP contribution < -0.4 is 42.1 Å². The summed E-state index contributed by atoms with van der Waals surface area (Å²) in [7, 11) is 0. The number of aliphatic carboxylic acids is 8. The van der Waals surface area contributed by atoms with Crippen LogP contribution in [0, 0.1) is 0 Å². The number of hydrogen-bond donors (Lipinski definition) is 4. The first-order valence-corrected chi connectivity index (χ1v) is 24.5. The number of pyridine rings is 2. The van der Waals surface area contributed by atoms with Crippen molar-refractivity contribution in [3.05, 3.63) is 89.0 Å². The molecule has 5 rings (SSSR count). The van der Waals surface area contributed by atoms with Crippen LogP contribution in [-0.4, -0.2) is 192 Å². The number of carboxylic acids is 8. The number of hydrogen-bond acceptors (Lipinski definition) is 24. The lowest BCUT2D eigenvalue weighted by Gasteiger charge is -2.39. The van der Waals surface area contributed by atoms with Crippen molar-refractivity contribution in [1.82, 2.24) is 39.4 Å². The van der Waals surface area contributed by atoms with Crippen LogP contribution in [0.2, 0.25) is 0 Å². The number of rotatable bonds is 21. The summed E-state index contributed by atoms with van der Waals surface area (Å²) in [5.41, 5.74) is 14.7. The van der Waals surface area contributed by atoms with Crippen molar-refractivity contribution in [2.45, 2.75) is 108 Å². The Balaban J connectivity index is 0.000000333. The van der Waals surface area contributed by atoms with E-state index in [-0.39, 0.29) is 97.9 Å². The van der Waals surface area contributed by atoms with Crippen LogP contribution in [0.4, 0.5) is 5.69 Å². The fourth-order valence-corrected chi connectivity index (χ4v) is 9.05. The molecule has 0 amide bonds. The van der Waals surface area contributed by atoms with Crippen LogP contribution in [0.25, 0.3) is 0 Å². The van der Waals surface area contributed by atoms with E-state index in [1.54, 1.807) is 58.3 Å². The highest BCUT2D eigenvalue weighted by Gasteiger charge is 2.30. The first kappa shape index (κ1) is 61.3. The van der Waals surface area contributed by atoms with Gasteiger partial charge in [0.25, 0.3) is 0 Å². The Labute approximate surface area is 438 Å². The number of anilines is 1. The summed E-state index contributed by atoms with van der Waals surface area (Å²) in [6, 6.07) is 10.0.